The Morgan fingerprint density at radius 1 is 0.655 bits per heavy atom. The number of phenols is 1. The van der Waals surface area contributed by atoms with Gasteiger partial charge in [-0.25, -0.2) is 0 Å². The van der Waals surface area contributed by atoms with Crippen molar-refractivity contribution in [3.05, 3.63) is 90.0 Å². The summed E-state index contributed by atoms with van der Waals surface area (Å²) < 4.78 is 0. The van der Waals surface area contributed by atoms with E-state index in [1.807, 2.05) is 54.6 Å². The van der Waals surface area contributed by atoms with Crippen molar-refractivity contribution in [2.75, 3.05) is 26.2 Å². The van der Waals surface area contributed by atoms with Crippen LogP contribution in [0, 0.1) is 0 Å². The monoisotopic (exact) mass is 392 g/mol. The van der Waals surface area contributed by atoms with Crippen LogP contribution in [0.1, 0.15) is 17.0 Å². The zero-order chi connectivity index (χ0) is 20.3. The predicted octanol–water partition coefficient (Wildman–Crippen LogP) is 2.68. The third-order valence-corrected chi connectivity index (χ3v) is 4.76. The minimum atomic E-state index is 0.104. The third-order valence-electron chi connectivity index (χ3n) is 4.76. The van der Waals surface area contributed by atoms with Gasteiger partial charge in [-0.3, -0.25) is 19.8 Å². The van der Waals surface area contributed by atoms with Gasteiger partial charge in [0.1, 0.15) is 5.75 Å². The molecule has 29 heavy (non-hydrogen) atoms. The fraction of sp³-hybridized carbons (Fsp3) is 0.304. The first kappa shape index (κ1) is 20.9. The molecule has 0 amide bonds. The van der Waals surface area contributed by atoms with Gasteiger partial charge in [-0.15, -0.1) is 0 Å². The Bertz CT molecular complexity index is 846. The molecule has 2 N–H and O–H groups in total. The van der Waals surface area contributed by atoms with Crippen LogP contribution in [0.25, 0.3) is 0 Å². The number of rotatable bonds is 11. The molecule has 3 rings (SSSR count). The van der Waals surface area contributed by atoms with Gasteiger partial charge in [0.25, 0.3) is 0 Å². The number of hydrogen-bond donors (Lipinski definition) is 2. The molecule has 0 saturated heterocycles. The van der Waals surface area contributed by atoms with Crippen LogP contribution in [0.5, 0.6) is 5.75 Å². The lowest BCUT2D eigenvalue weighted by atomic mass is 10.2. The van der Waals surface area contributed by atoms with Gasteiger partial charge >= 0.3 is 0 Å². The molecule has 1 aromatic carbocycles. The van der Waals surface area contributed by atoms with Crippen molar-refractivity contribution in [3.63, 3.8) is 0 Å². The minimum absolute atomic E-state index is 0.104. The van der Waals surface area contributed by atoms with Crippen LogP contribution in [0.2, 0.25) is 0 Å². The number of aliphatic hydroxyl groups is 1. The SMILES string of the molecule is OCCN(CCN(Cc1ccccn1)Cc1ccccc1O)Cc1ccccn1. The molecular formula is C23H28N4O2. The molecule has 0 spiro atoms. The molecule has 2 aromatic heterocycles. The Labute approximate surface area is 172 Å². The molecule has 0 unspecified atom stereocenters. The fourth-order valence-electron chi connectivity index (χ4n) is 3.24. The lowest BCUT2D eigenvalue weighted by Gasteiger charge is -2.27. The normalized spacial score (nSPS) is 11.3. The number of aromatic nitrogens is 2. The summed E-state index contributed by atoms with van der Waals surface area (Å²) in [4.78, 5) is 13.3. The van der Waals surface area contributed by atoms with Gasteiger partial charge in [0.2, 0.25) is 0 Å². The Morgan fingerprint density at radius 3 is 1.83 bits per heavy atom. The van der Waals surface area contributed by atoms with E-state index in [0.717, 1.165) is 30.0 Å². The molecule has 0 atom stereocenters. The molecule has 0 aliphatic heterocycles. The van der Waals surface area contributed by atoms with E-state index in [-0.39, 0.29) is 6.61 Å². The Hall–Kier alpha value is -2.80. The van der Waals surface area contributed by atoms with Gasteiger partial charge in [-0.2, -0.15) is 0 Å². The molecule has 6 heteroatoms. The molecule has 152 valence electrons. The molecule has 0 saturated carbocycles. The van der Waals surface area contributed by atoms with Crippen LogP contribution < -0.4 is 0 Å². The second kappa shape index (κ2) is 11.3. The lowest BCUT2D eigenvalue weighted by Crippen LogP contribution is -2.36. The van der Waals surface area contributed by atoms with Crippen molar-refractivity contribution in [1.82, 2.24) is 19.8 Å². The highest BCUT2D eigenvalue weighted by molar-refractivity contribution is 5.31. The van der Waals surface area contributed by atoms with Crippen molar-refractivity contribution in [3.8, 4) is 5.75 Å². The van der Waals surface area contributed by atoms with Crippen LogP contribution in [0.15, 0.2) is 73.1 Å². The molecule has 0 bridgehead atoms. The van der Waals surface area contributed by atoms with E-state index in [4.69, 9.17) is 0 Å². The minimum Gasteiger partial charge on any atom is -0.508 e. The van der Waals surface area contributed by atoms with Gasteiger partial charge in [-0.1, -0.05) is 30.3 Å². The van der Waals surface area contributed by atoms with Gasteiger partial charge in [0, 0.05) is 57.2 Å². The van der Waals surface area contributed by atoms with Gasteiger partial charge in [-0.05, 0) is 30.3 Å². The van der Waals surface area contributed by atoms with Crippen LogP contribution in [-0.2, 0) is 19.6 Å². The first-order valence-corrected chi connectivity index (χ1v) is 9.87. The summed E-state index contributed by atoms with van der Waals surface area (Å²) in [7, 11) is 0. The van der Waals surface area contributed by atoms with E-state index in [1.165, 1.54) is 0 Å². The Balaban J connectivity index is 1.68. The Kier molecular flexibility index (Phi) is 8.12. The average molecular weight is 393 g/mol. The van der Waals surface area contributed by atoms with E-state index in [0.29, 0.717) is 31.9 Å². The standard InChI is InChI=1S/C23H28N4O2/c28-16-15-26(18-21-8-3-5-11-24-21)13-14-27(19-22-9-4-6-12-25-22)17-20-7-1-2-10-23(20)29/h1-12,28-29H,13-19H2. The van der Waals surface area contributed by atoms with Crippen LogP contribution >= 0.6 is 0 Å². The summed E-state index contributed by atoms with van der Waals surface area (Å²) in [5, 5.41) is 19.7. The number of pyridine rings is 2. The smallest absolute Gasteiger partial charge is 0.120 e. The van der Waals surface area contributed by atoms with Crippen molar-refractivity contribution in [2.45, 2.75) is 19.6 Å². The largest absolute Gasteiger partial charge is 0.508 e. The molecule has 0 aliphatic carbocycles. The molecule has 0 aliphatic rings. The molecule has 6 nitrogen and oxygen atoms in total. The first-order chi connectivity index (χ1) is 14.2. The zero-order valence-electron chi connectivity index (χ0n) is 16.6. The summed E-state index contributed by atoms with van der Waals surface area (Å²) in [6, 6.07) is 19.2. The van der Waals surface area contributed by atoms with Crippen molar-refractivity contribution in [1.29, 1.82) is 0 Å². The third kappa shape index (κ3) is 6.94. The number of para-hydroxylation sites is 1. The van der Waals surface area contributed by atoms with Crippen LogP contribution in [0.4, 0.5) is 0 Å². The van der Waals surface area contributed by atoms with Crippen molar-refractivity contribution in [2.24, 2.45) is 0 Å². The number of nitrogens with zero attached hydrogens (tertiary/aromatic N) is 4. The van der Waals surface area contributed by atoms with E-state index >= 15 is 0 Å². The Morgan fingerprint density at radius 2 is 1.24 bits per heavy atom. The van der Waals surface area contributed by atoms with E-state index < -0.39 is 0 Å². The van der Waals surface area contributed by atoms with Gasteiger partial charge in [0.15, 0.2) is 0 Å². The number of hydrogen-bond acceptors (Lipinski definition) is 6. The number of benzene rings is 1. The summed E-state index contributed by atoms with van der Waals surface area (Å²) in [6.45, 7) is 4.24. The number of aliphatic hydroxyl groups excluding tert-OH is 1. The predicted molar refractivity (Wildman–Crippen MR) is 113 cm³/mol. The fourth-order valence-corrected chi connectivity index (χ4v) is 3.24. The second-order valence-electron chi connectivity index (χ2n) is 6.98. The topological polar surface area (TPSA) is 72.7 Å². The second-order valence-corrected chi connectivity index (χ2v) is 6.98. The molecule has 0 radical (unpaired) electrons. The van der Waals surface area contributed by atoms with E-state index in [2.05, 4.69) is 19.8 Å². The van der Waals surface area contributed by atoms with E-state index in [1.54, 1.807) is 18.5 Å². The average Bonchev–Trinajstić information content (AvgIpc) is 2.75. The number of phenolic OH excluding ortho intramolecular Hbond substituents is 1. The molecular weight excluding hydrogens is 364 g/mol. The molecule has 0 fully saturated rings. The summed E-state index contributed by atoms with van der Waals surface area (Å²) in [5.74, 6) is 0.305. The lowest BCUT2D eigenvalue weighted by molar-refractivity contribution is 0.155. The number of aromatic hydroxyl groups is 1. The van der Waals surface area contributed by atoms with Gasteiger partial charge < -0.3 is 10.2 Å². The van der Waals surface area contributed by atoms with Crippen LogP contribution in [0.3, 0.4) is 0 Å². The van der Waals surface area contributed by atoms with Crippen molar-refractivity contribution >= 4 is 0 Å². The van der Waals surface area contributed by atoms with E-state index in [9.17, 15) is 10.2 Å². The van der Waals surface area contributed by atoms with Crippen molar-refractivity contribution < 1.29 is 10.2 Å². The maximum Gasteiger partial charge on any atom is 0.120 e. The first-order valence-electron chi connectivity index (χ1n) is 9.87. The maximum absolute atomic E-state index is 10.2. The highest BCUT2D eigenvalue weighted by atomic mass is 16.3. The summed E-state index contributed by atoms with van der Waals surface area (Å²) >= 11 is 0. The highest BCUT2D eigenvalue weighted by Crippen LogP contribution is 2.19. The summed E-state index contributed by atoms with van der Waals surface area (Å²) in [6.07, 6.45) is 3.59. The quantitative estimate of drug-likeness (QED) is 0.523. The summed E-state index contributed by atoms with van der Waals surface area (Å²) in [5.41, 5.74) is 2.86. The maximum atomic E-state index is 10.2. The molecule has 2 heterocycles. The zero-order valence-corrected chi connectivity index (χ0v) is 16.6. The highest BCUT2D eigenvalue weighted by Gasteiger charge is 2.13. The molecule has 3 aromatic rings. The van der Waals surface area contributed by atoms with Gasteiger partial charge in [0.05, 0.1) is 18.0 Å². The van der Waals surface area contributed by atoms with Crippen LogP contribution in [-0.4, -0.2) is 56.2 Å².